The fourth-order valence-electron chi connectivity index (χ4n) is 12.0. The molecule has 1 heterocycles. The fraction of sp³-hybridized carbons (Fsp3) is 0.192. The van der Waals surface area contributed by atoms with E-state index in [9.17, 15) is 0 Å². The molecule has 5 aliphatic rings. The highest BCUT2D eigenvalue weighted by molar-refractivity contribution is 7.25. The summed E-state index contributed by atoms with van der Waals surface area (Å²) in [5.41, 5.74) is 15.1. The van der Waals surface area contributed by atoms with Crippen LogP contribution in [0.4, 0.5) is 17.1 Å². The average molecular weight is 712 g/mol. The normalized spacial score (nSPS) is 23.3. The maximum atomic E-state index is 2.53. The van der Waals surface area contributed by atoms with Crippen molar-refractivity contribution in [3.05, 3.63) is 175 Å². The summed E-state index contributed by atoms with van der Waals surface area (Å²) in [6.45, 7) is 0. The van der Waals surface area contributed by atoms with Crippen LogP contribution in [0.15, 0.2) is 164 Å². The van der Waals surface area contributed by atoms with E-state index >= 15 is 0 Å². The minimum Gasteiger partial charge on any atom is -0.310 e. The van der Waals surface area contributed by atoms with Crippen LogP contribution in [0.5, 0.6) is 0 Å². The van der Waals surface area contributed by atoms with Gasteiger partial charge in [0, 0.05) is 42.5 Å². The highest BCUT2D eigenvalue weighted by Gasteiger charge is 2.62. The quantitative estimate of drug-likeness (QED) is 0.172. The van der Waals surface area contributed by atoms with Crippen molar-refractivity contribution in [1.29, 1.82) is 0 Å². The first kappa shape index (κ1) is 31.0. The summed E-state index contributed by atoms with van der Waals surface area (Å²) < 4.78 is 2.66. The highest BCUT2D eigenvalue weighted by atomic mass is 32.1. The summed E-state index contributed by atoms with van der Waals surface area (Å²) in [7, 11) is 0. The van der Waals surface area contributed by atoms with Gasteiger partial charge in [-0.05, 0) is 131 Å². The smallest absolute Gasteiger partial charge is 0.0540 e. The van der Waals surface area contributed by atoms with Gasteiger partial charge in [0.15, 0.2) is 0 Å². The number of anilines is 3. The fourth-order valence-corrected chi connectivity index (χ4v) is 13.2. The lowest BCUT2D eigenvalue weighted by Crippen LogP contribution is -2.55. The zero-order valence-corrected chi connectivity index (χ0v) is 31.1. The monoisotopic (exact) mass is 711 g/mol. The molecule has 0 atom stereocenters. The maximum Gasteiger partial charge on any atom is 0.0540 e. The molecule has 8 aromatic rings. The number of benzene rings is 7. The zero-order valence-electron chi connectivity index (χ0n) is 30.3. The number of thiophene rings is 1. The first-order valence-electron chi connectivity index (χ1n) is 19.9. The molecule has 1 spiro atoms. The van der Waals surface area contributed by atoms with Crippen molar-refractivity contribution in [3.63, 3.8) is 0 Å². The number of hydrogen-bond donors (Lipinski definition) is 0. The number of rotatable bonds is 5. The molecule has 13 rings (SSSR count). The van der Waals surface area contributed by atoms with E-state index in [-0.39, 0.29) is 5.41 Å². The summed E-state index contributed by atoms with van der Waals surface area (Å²) in [5, 5.41) is 2.66. The van der Waals surface area contributed by atoms with Crippen LogP contribution in [0.2, 0.25) is 0 Å². The third kappa shape index (κ3) is 4.38. The number of fused-ring (bicyclic) bond motifs is 6. The van der Waals surface area contributed by atoms with Crippen LogP contribution in [0, 0.1) is 23.7 Å². The molecule has 54 heavy (non-hydrogen) atoms. The van der Waals surface area contributed by atoms with Crippen molar-refractivity contribution in [3.8, 4) is 33.4 Å². The largest absolute Gasteiger partial charge is 0.310 e. The number of hydrogen-bond acceptors (Lipinski definition) is 2. The van der Waals surface area contributed by atoms with Crippen LogP contribution in [0.1, 0.15) is 43.2 Å². The van der Waals surface area contributed by atoms with E-state index in [4.69, 9.17) is 0 Å². The van der Waals surface area contributed by atoms with E-state index < -0.39 is 0 Å². The van der Waals surface area contributed by atoms with Gasteiger partial charge < -0.3 is 4.90 Å². The van der Waals surface area contributed by atoms with Crippen molar-refractivity contribution >= 4 is 48.6 Å². The molecule has 0 saturated heterocycles. The van der Waals surface area contributed by atoms with Gasteiger partial charge in [-0.25, -0.2) is 0 Å². The van der Waals surface area contributed by atoms with Gasteiger partial charge in [0.2, 0.25) is 0 Å². The Bertz CT molecular complexity index is 2710. The third-order valence-electron chi connectivity index (χ3n) is 13.9. The first-order valence-corrected chi connectivity index (χ1v) is 20.8. The molecule has 0 unspecified atom stereocenters. The molecule has 4 fully saturated rings. The standard InChI is InChI=1S/C52H41NS/c1-2-11-35(12-3-1)36-21-23-39(24-22-36)53(40-25-26-44-43-15-6-9-20-49(43)54-50(44)32-40)48-19-8-5-14-42(48)46-17-10-16-45-41-13-4-7-18-47(41)52(51(45)46)37-28-33-27-34(30-37)31-38(52)29-33/h1-26,32-34,37-38H,27-31H2. The maximum absolute atomic E-state index is 2.53. The predicted octanol–water partition coefficient (Wildman–Crippen LogP) is 14.6. The van der Waals surface area contributed by atoms with Crippen LogP contribution < -0.4 is 4.90 Å². The van der Waals surface area contributed by atoms with Gasteiger partial charge in [-0.3, -0.25) is 0 Å². The first-order chi connectivity index (χ1) is 26.7. The second kappa shape index (κ2) is 11.8. The Balaban J connectivity index is 1.08. The summed E-state index contributed by atoms with van der Waals surface area (Å²) >= 11 is 1.89. The minimum atomic E-state index is 0.0845. The Kier molecular flexibility index (Phi) is 6.75. The molecule has 7 aromatic carbocycles. The Labute approximate surface area is 321 Å². The van der Waals surface area contributed by atoms with Gasteiger partial charge in [0.1, 0.15) is 0 Å². The molecular weight excluding hydrogens is 671 g/mol. The molecule has 4 saturated carbocycles. The molecule has 4 bridgehead atoms. The summed E-state index contributed by atoms with van der Waals surface area (Å²) in [4.78, 5) is 2.53. The third-order valence-corrected chi connectivity index (χ3v) is 15.0. The molecule has 0 amide bonds. The molecule has 0 N–H and O–H groups in total. The highest BCUT2D eigenvalue weighted by Crippen LogP contribution is 2.70. The van der Waals surface area contributed by atoms with E-state index in [1.165, 1.54) is 103 Å². The predicted molar refractivity (Wildman–Crippen MR) is 228 cm³/mol. The summed E-state index contributed by atoms with van der Waals surface area (Å²) in [5.74, 6) is 3.24. The van der Waals surface area contributed by atoms with Crippen LogP contribution >= 0.6 is 11.3 Å². The molecule has 0 aliphatic heterocycles. The van der Waals surface area contributed by atoms with Gasteiger partial charge in [-0.1, -0.05) is 127 Å². The lowest BCUT2D eigenvalue weighted by Gasteiger charge is -2.61. The van der Waals surface area contributed by atoms with Crippen molar-refractivity contribution in [2.24, 2.45) is 23.7 Å². The van der Waals surface area contributed by atoms with Crippen molar-refractivity contribution in [1.82, 2.24) is 0 Å². The molecule has 260 valence electrons. The molecular formula is C52H41NS. The van der Waals surface area contributed by atoms with Crippen LogP contribution in [0.3, 0.4) is 0 Å². The summed E-state index contributed by atoms with van der Waals surface area (Å²) in [6.07, 6.45) is 6.99. The molecule has 1 nitrogen and oxygen atoms in total. The van der Waals surface area contributed by atoms with Gasteiger partial charge >= 0.3 is 0 Å². The lowest BCUT2D eigenvalue weighted by atomic mass is 9.42. The minimum absolute atomic E-state index is 0.0845. The Morgan fingerprint density at radius 2 is 1.04 bits per heavy atom. The van der Waals surface area contributed by atoms with Gasteiger partial charge in [0.25, 0.3) is 0 Å². The van der Waals surface area contributed by atoms with E-state index in [0.717, 1.165) is 11.8 Å². The Morgan fingerprint density at radius 3 is 1.83 bits per heavy atom. The Morgan fingerprint density at radius 1 is 0.444 bits per heavy atom. The molecule has 5 aliphatic carbocycles. The van der Waals surface area contributed by atoms with E-state index in [1.807, 2.05) is 11.3 Å². The topological polar surface area (TPSA) is 3.24 Å². The van der Waals surface area contributed by atoms with Gasteiger partial charge in [0.05, 0.1) is 5.69 Å². The number of para-hydroxylation sites is 1. The molecule has 1 aromatic heterocycles. The van der Waals surface area contributed by atoms with Crippen molar-refractivity contribution < 1.29 is 0 Å². The number of nitrogens with zero attached hydrogens (tertiary/aromatic N) is 1. The summed E-state index contributed by atoms with van der Waals surface area (Å²) in [6, 6.07) is 61.9. The molecule has 2 heteroatoms. The molecule has 0 radical (unpaired) electrons. The van der Waals surface area contributed by atoms with Crippen LogP contribution in [-0.2, 0) is 5.41 Å². The van der Waals surface area contributed by atoms with Crippen molar-refractivity contribution in [2.45, 2.75) is 37.5 Å². The SMILES string of the molecule is c1ccc(-c2ccc(N(c3ccc4c(c3)sc3ccccc34)c3ccccc3-c3cccc4c3C3(c5ccccc5-4)C4CC5CC(C4)CC3C5)cc2)cc1. The second-order valence-corrected chi connectivity index (χ2v) is 17.6. The lowest BCUT2D eigenvalue weighted by molar-refractivity contribution is -0.0397. The van der Waals surface area contributed by atoms with Crippen LogP contribution in [0.25, 0.3) is 53.6 Å². The van der Waals surface area contributed by atoms with Gasteiger partial charge in [-0.15, -0.1) is 11.3 Å². The average Bonchev–Trinajstić information content (AvgIpc) is 3.74. The van der Waals surface area contributed by atoms with Gasteiger partial charge in [-0.2, -0.15) is 0 Å². The second-order valence-electron chi connectivity index (χ2n) is 16.5. The zero-order chi connectivity index (χ0) is 35.4. The van der Waals surface area contributed by atoms with E-state index in [0.29, 0.717) is 11.8 Å². The van der Waals surface area contributed by atoms with Crippen LogP contribution in [-0.4, -0.2) is 0 Å². The van der Waals surface area contributed by atoms with E-state index in [1.54, 1.807) is 11.1 Å². The Hall–Kier alpha value is -5.44. The van der Waals surface area contributed by atoms with E-state index in [2.05, 4.69) is 169 Å². The van der Waals surface area contributed by atoms with Crippen molar-refractivity contribution in [2.75, 3.05) is 4.90 Å².